The van der Waals surface area contributed by atoms with E-state index < -0.39 is 0 Å². The van der Waals surface area contributed by atoms with Gasteiger partial charge in [0.05, 0.1) is 12.6 Å². The van der Waals surface area contributed by atoms with Crippen LogP contribution in [0.3, 0.4) is 0 Å². The third-order valence-corrected chi connectivity index (χ3v) is 3.33. The molecule has 0 saturated carbocycles. The topological polar surface area (TPSA) is 58.6 Å². The van der Waals surface area contributed by atoms with Crippen molar-refractivity contribution in [1.82, 2.24) is 10.2 Å². The first kappa shape index (κ1) is 12.5. The van der Waals surface area contributed by atoms with E-state index in [1.54, 1.807) is 0 Å². The number of hydrogen-bond donors (Lipinski definition) is 1. The van der Waals surface area contributed by atoms with E-state index in [-0.39, 0.29) is 12.0 Å². The van der Waals surface area contributed by atoms with Gasteiger partial charge in [0.25, 0.3) is 0 Å². The monoisotopic (exact) mass is 240 g/mol. The molecule has 0 spiro atoms. The Kier molecular flexibility index (Phi) is 4.50. The zero-order valence-corrected chi connectivity index (χ0v) is 10.1. The van der Waals surface area contributed by atoms with Crippen LogP contribution in [0.2, 0.25) is 0 Å². The second-order valence-corrected chi connectivity index (χ2v) is 4.75. The van der Waals surface area contributed by atoms with Gasteiger partial charge in [-0.3, -0.25) is 14.5 Å². The highest BCUT2D eigenvalue weighted by Gasteiger charge is 2.20. The molecule has 2 aliphatic rings. The van der Waals surface area contributed by atoms with Crippen LogP contribution >= 0.6 is 0 Å². The number of Topliss-reactive ketones (excluding diaryl/α,β-unsaturated/α-hetero) is 1. The fourth-order valence-corrected chi connectivity index (χ4v) is 2.25. The molecule has 96 valence electrons. The summed E-state index contributed by atoms with van der Waals surface area (Å²) in [6.45, 7) is 3.26. The zero-order valence-electron chi connectivity index (χ0n) is 10.1. The van der Waals surface area contributed by atoms with Crippen molar-refractivity contribution in [1.29, 1.82) is 0 Å². The molecule has 1 amide bonds. The Morgan fingerprint density at radius 3 is 2.82 bits per heavy atom. The maximum absolute atomic E-state index is 11.7. The largest absolute Gasteiger partial charge is 0.376 e. The lowest BCUT2D eigenvalue weighted by molar-refractivity contribution is -0.126. The number of nitrogens with one attached hydrogen (secondary N) is 1. The molecule has 0 aliphatic carbocycles. The van der Waals surface area contributed by atoms with Gasteiger partial charge in [0, 0.05) is 39.1 Å². The Balaban J connectivity index is 1.61. The molecule has 1 unspecified atom stereocenters. The van der Waals surface area contributed by atoms with Crippen LogP contribution in [0, 0.1) is 0 Å². The summed E-state index contributed by atoms with van der Waals surface area (Å²) in [7, 11) is 0. The van der Waals surface area contributed by atoms with Gasteiger partial charge in [-0.15, -0.1) is 0 Å². The number of ether oxygens (including phenoxy) is 1. The highest BCUT2D eigenvalue weighted by atomic mass is 16.5. The second-order valence-electron chi connectivity index (χ2n) is 4.75. The molecule has 17 heavy (non-hydrogen) atoms. The maximum atomic E-state index is 11.7. The first-order chi connectivity index (χ1) is 8.24. The number of likely N-dealkylation sites (tertiary alicyclic amines) is 1. The van der Waals surface area contributed by atoms with Crippen molar-refractivity contribution in [3.8, 4) is 0 Å². The first-order valence-corrected chi connectivity index (χ1v) is 6.36. The van der Waals surface area contributed by atoms with E-state index in [2.05, 4.69) is 5.32 Å². The number of ketones is 1. The van der Waals surface area contributed by atoms with Gasteiger partial charge in [-0.05, 0) is 12.8 Å². The van der Waals surface area contributed by atoms with Gasteiger partial charge in [0.1, 0.15) is 5.78 Å². The quantitative estimate of drug-likeness (QED) is 0.748. The summed E-state index contributed by atoms with van der Waals surface area (Å²) in [5, 5.41) is 2.89. The summed E-state index contributed by atoms with van der Waals surface area (Å²) >= 11 is 0. The highest BCUT2D eigenvalue weighted by Crippen LogP contribution is 2.10. The molecule has 5 heteroatoms. The Morgan fingerprint density at radius 1 is 1.41 bits per heavy atom. The normalized spacial score (nSPS) is 26.1. The van der Waals surface area contributed by atoms with Gasteiger partial charge in [-0.25, -0.2) is 0 Å². The Bertz CT molecular complexity index is 277. The molecule has 2 saturated heterocycles. The fraction of sp³-hybridized carbons (Fsp3) is 0.833. The average Bonchev–Trinajstić information content (AvgIpc) is 2.83. The molecule has 0 aromatic rings. The fourth-order valence-electron chi connectivity index (χ4n) is 2.25. The molecular formula is C12H20N2O3. The van der Waals surface area contributed by atoms with Crippen molar-refractivity contribution in [2.75, 3.05) is 32.8 Å². The van der Waals surface area contributed by atoms with Crippen LogP contribution in [0.15, 0.2) is 0 Å². The smallest absolute Gasteiger partial charge is 0.234 e. The van der Waals surface area contributed by atoms with E-state index in [0.717, 1.165) is 19.4 Å². The molecule has 0 bridgehead atoms. The van der Waals surface area contributed by atoms with Crippen LogP contribution in [-0.2, 0) is 14.3 Å². The van der Waals surface area contributed by atoms with Gasteiger partial charge in [0.15, 0.2) is 0 Å². The number of amides is 1. The van der Waals surface area contributed by atoms with Gasteiger partial charge in [-0.1, -0.05) is 0 Å². The van der Waals surface area contributed by atoms with E-state index in [9.17, 15) is 9.59 Å². The number of carbonyl (C=O) groups excluding carboxylic acids is 2. The third-order valence-electron chi connectivity index (χ3n) is 3.33. The maximum Gasteiger partial charge on any atom is 0.234 e. The predicted molar refractivity (Wildman–Crippen MR) is 62.7 cm³/mol. The Hall–Kier alpha value is -0.940. The van der Waals surface area contributed by atoms with E-state index in [1.807, 2.05) is 4.90 Å². The van der Waals surface area contributed by atoms with E-state index in [1.165, 1.54) is 0 Å². The minimum Gasteiger partial charge on any atom is -0.376 e. The average molecular weight is 240 g/mol. The van der Waals surface area contributed by atoms with Gasteiger partial charge in [0.2, 0.25) is 5.91 Å². The van der Waals surface area contributed by atoms with Crippen molar-refractivity contribution in [3.05, 3.63) is 0 Å². The first-order valence-electron chi connectivity index (χ1n) is 6.36. The number of hydrogen-bond acceptors (Lipinski definition) is 4. The van der Waals surface area contributed by atoms with Crippen molar-refractivity contribution in [2.45, 2.75) is 31.8 Å². The molecule has 1 N–H and O–H groups in total. The molecule has 1 atom stereocenters. The van der Waals surface area contributed by atoms with Gasteiger partial charge >= 0.3 is 0 Å². The summed E-state index contributed by atoms with van der Waals surface area (Å²) in [6, 6.07) is 0. The molecule has 2 heterocycles. The van der Waals surface area contributed by atoms with Crippen LogP contribution in [0.4, 0.5) is 0 Å². The van der Waals surface area contributed by atoms with Crippen LogP contribution < -0.4 is 5.32 Å². The SMILES string of the molecule is O=C1CCN(CC(=O)NCC2CCCO2)CC1. The Morgan fingerprint density at radius 2 is 2.18 bits per heavy atom. The van der Waals surface area contributed by atoms with Crippen molar-refractivity contribution >= 4 is 11.7 Å². The number of carbonyl (C=O) groups is 2. The molecule has 2 rings (SSSR count). The van der Waals surface area contributed by atoms with Gasteiger partial charge in [-0.2, -0.15) is 0 Å². The van der Waals surface area contributed by atoms with Gasteiger partial charge < -0.3 is 10.1 Å². The van der Waals surface area contributed by atoms with Crippen molar-refractivity contribution in [3.63, 3.8) is 0 Å². The van der Waals surface area contributed by atoms with Crippen LogP contribution in [0.25, 0.3) is 0 Å². The minimum atomic E-state index is 0.0369. The molecule has 0 aromatic heterocycles. The van der Waals surface area contributed by atoms with Crippen LogP contribution in [-0.4, -0.2) is 55.5 Å². The predicted octanol–water partition coefficient (Wildman–Crippen LogP) is -0.0535. The summed E-state index contributed by atoms with van der Waals surface area (Å²) in [5.41, 5.74) is 0. The molecule has 0 aromatic carbocycles. The molecular weight excluding hydrogens is 220 g/mol. The van der Waals surface area contributed by atoms with Crippen molar-refractivity contribution < 1.29 is 14.3 Å². The highest BCUT2D eigenvalue weighted by molar-refractivity contribution is 5.81. The lowest BCUT2D eigenvalue weighted by Crippen LogP contribution is -2.43. The molecule has 5 nitrogen and oxygen atoms in total. The lowest BCUT2D eigenvalue weighted by atomic mass is 10.1. The molecule has 2 aliphatic heterocycles. The third kappa shape index (κ3) is 4.09. The zero-order chi connectivity index (χ0) is 12.1. The summed E-state index contributed by atoms with van der Waals surface area (Å²) < 4.78 is 5.43. The molecule has 0 radical (unpaired) electrons. The van der Waals surface area contributed by atoms with Crippen molar-refractivity contribution in [2.24, 2.45) is 0 Å². The Labute approximate surface area is 101 Å². The lowest BCUT2D eigenvalue weighted by Gasteiger charge is -2.25. The number of piperidine rings is 1. The number of nitrogens with zero attached hydrogens (tertiary/aromatic N) is 1. The number of rotatable bonds is 4. The van der Waals surface area contributed by atoms with E-state index >= 15 is 0 Å². The van der Waals surface area contributed by atoms with E-state index in [4.69, 9.17) is 4.74 Å². The minimum absolute atomic E-state index is 0.0369. The summed E-state index contributed by atoms with van der Waals surface area (Å²) in [5.74, 6) is 0.343. The molecule has 2 fully saturated rings. The van der Waals surface area contributed by atoms with Crippen LogP contribution in [0.1, 0.15) is 25.7 Å². The standard InChI is InChI=1S/C12H20N2O3/c15-10-3-5-14(6-4-10)9-12(16)13-8-11-2-1-7-17-11/h11H,1-9H2,(H,13,16). The van der Waals surface area contributed by atoms with E-state index in [0.29, 0.717) is 44.8 Å². The summed E-state index contributed by atoms with van der Waals surface area (Å²) in [4.78, 5) is 24.7. The summed E-state index contributed by atoms with van der Waals surface area (Å²) in [6.07, 6.45) is 3.49. The second kappa shape index (κ2) is 6.12. The van der Waals surface area contributed by atoms with Crippen LogP contribution in [0.5, 0.6) is 0 Å².